The molecule has 1 aliphatic rings. The number of aromatic carboxylic acids is 1. The van der Waals surface area contributed by atoms with E-state index in [2.05, 4.69) is 50.4 Å². The molecule has 4 aromatic rings. The van der Waals surface area contributed by atoms with Gasteiger partial charge >= 0.3 is 5.97 Å². The fraction of sp³-hybridized carbons (Fsp3) is 0.250. The van der Waals surface area contributed by atoms with Crippen LogP contribution in [-0.2, 0) is 20.0 Å². The van der Waals surface area contributed by atoms with Crippen molar-refractivity contribution in [3.05, 3.63) is 82.8 Å². The normalized spacial score (nSPS) is 15.2. The van der Waals surface area contributed by atoms with Crippen molar-refractivity contribution in [3.8, 4) is 0 Å². The second-order valence-electron chi connectivity index (χ2n) is 7.82. The molecular weight excluding hydrogens is 426 g/mol. The summed E-state index contributed by atoms with van der Waals surface area (Å²) in [7, 11) is 2.12. The van der Waals surface area contributed by atoms with Gasteiger partial charge in [-0.05, 0) is 38.0 Å². The van der Waals surface area contributed by atoms with E-state index in [1.165, 1.54) is 28.7 Å². The zero-order chi connectivity index (χ0) is 22.8. The summed E-state index contributed by atoms with van der Waals surface area (Å²) in [5, 5.41) is 18.6. The second kappa shape index (κ2) is 8.96. The topological polar surface area (TPSA) is 96.8 Å². The molecule has 32 heavy (non-hydrogen) atoms. The zero-order valence-corrected chi connectivity index (χ0v) is 18.7. The molecule has 0 aliphatic heterocycles. The fourth-order valence-electron chi connectivity index (χ4n) is 4.24. The molecule has 3 aromatic heterocycles. The van der Waals surface area contributed by atoms with Crippen LogP contribution in [0.1, 0.15) is 34.0 Å². The quantitative estimate of drug-likeness (QED) is 0.441. The smallest absolute Gasteiger partial charge is 0.354 e. The standard InChI is InChI=1S/C18H20N4.C6H4ClNO2/c1-12-20-9-10-22(12)11-13-7-8-16-17(18(13)19)14-5-3-4-6-15(14)21(16)2;7-5-3-1-2-4(8-5)6(9)10/h3-6,9-10,13,19H,7-8,11H2,1-2H3;1-3H,(H,9,10). The maximum atomic E-state index is 10.2. The van der Waals surface area contributed by atoms with Crippen LogP contribution >= 0.6 is 11.6 Å². The number of imidazole rings is 1. The summed E-state index contributed by atoms with van der Waals surface area (Å²) in [5.41, 5.74) is 4.45. The van der Waals surface area contributed by atoms with Crippen LogP contribution in [0.15, 0.2) is 54.9 Å². The molecule has 164 valence electrons. The number of rotatable bonds is 3. The molecule has 0 amide bonds. The Morgan fingerprint density at radius 1 is 1.25 bits per heavy atom. The lowest BCUT2D eigenvalue weighted by molar-refractivity contribution is 0.0690. The summed E-state index contributed by atoms with van der Waals surface area (Å²) in [6.07, 6.45) is 5.93. The van der Waals surface area contributed by atoms with Crippen molar-refractivity contribution in [1.82, 2.24) is 19.1 Å². The Morgan fingerprint density at radius 3 is 2.69 bits per heavy atom. The number of pyridine rings is 1. The number of aromatic nitrogens is 4. The Kier molecular flexibility index (Phi) is 6.10. The van der Waals surface area contributed by atoms with E-state index in [0.29, 0.717) is 0 Å². The Hall–Kier alpha value is -3.45. The number of hydrogen-bond acceptors (Lipinski definition) is 4. The maximum Gasteiger partial charge on any atom is 0.354 e. The fourth-order valence-corrected chi connectivity index (χ4v) is 4.41. The van der Waals surface area contributed by atoms with Crippen molar-refractivity contribution in [3.63, 3.8) is 0 Å². The van der Waals surface area contributed by atoms with Gasteiger partial charge in [0.15, 0.2) is 0 Å². The van der Waals surface area contributed by atoms with E-state index in [9.17, 15) is 4.79 Å². The zero-order valence-electron chi connectivity index (χ0n) is 17.9. The number of nitrogens with one attached hydrogen (secondary N) is 1. The Morgan fingerprint density at radius 2 is 2.03 bits per heavy atom. The van der Waals surface area contributed by atoms with Gasteiger partial charge in [-0.1, -0.05) is 35.9 Å². The number of carboxylic acid groups (broad SMARTS) is 1. The number of nitrogens with zero attached hydrogens (tertiary/aromatic N) is 4. The van der Waals surface area contributed by atoms with Crippen molar-refractivity contribution in [2.45, 2.75) is 26.3 Å². The maximum absolute atomic E-state index is 10.2. The molecule has 0 fully saturated rings. The molecule has 0 bridgehead atoms. The van der Waals surface area contributed by atoms with Crippen molar-refractivity contribution in [1.29, 1.82) is 5.41 Å². The SMILES string of the molecule is Cc1nccn1CC1CCc2c(c3ccccc3n2C)C1=N.O=C(O)c1cccc(Cl)n1. The summed E-state index contributed by atoms with van der Waals surface area (Å²) in [6, 6.07) is 12.9. The lowest BCUT2D eigenvalue weighted by atomic mass is 9.84. The molecule has 3 heterocycles. The average Bonchev–Trinajstić information content (AvgIpc) is 3.32. The second-order valence-corrected chi connectivity index (χ2v) is 8.21. The molecule has 2 N–H and O–H groups in total. The number of carbonyl (C=O) groups is 1. The van der Waals surface area contributed by atoms with Gasteiger partial charge in [0.25, 0.3) is 0 Å². The lowest BCUT2D eigenvalue weighted by Crippen LogP contribution is -2.27. The number of hydrogen-bond donors (Lipinski definition) is 2. The van der Waals surface area contributed by atoms with Gasteiger partial charge in [0, 0.05) is 59.8 Å². The van der Waals surface area contributed by atoms with Gasteiger partial charge in [0.1, 0.15) is 16.7 Å². The molecule has 0 saturated carbocycles. The first kappa shape index (κ1) is 21.8. The van der Waals surface area contributed by atoms with Gasteiger partial charge in [-0.2, -0.15) is 0 Å². The van der Waals surface area contributed by atoms with Crippen LogP contribution in [0.2, 0.25) is 5.15 Å². The first-order valence-corrected chi connectivity index (χ1v) is 10.7. The third-order valence-corrected chi connectivity index (χ3v) is 6.12. The van der Waals surface area contributed by atoms with E-state index in [-0.39, 0.29) is 16.8 Å². The molecule has 8 heteroatoms. The minimum atomic E-state index is -1.07. The number of halogens is 1. The third kappa shape index (κ3) is 4.16. The molecule has 0 spiro atoms. The Bertz CT molecular complexity index is 1310. The Labute approximate surface area is 190 Å². The molecule has 1 atom stereocenters. The number of carboxylic acids is 1. The first-order chi connectivity index (χ1) is 15.4. The minimum absolute atomic E-state index is 0.0347. The number of fused-ring (bicyclic) bond motifs is 3. The number of benzene rings is 1. The van der Waals surface area contributed by atoms with Crippen LogP contribution in [0, 0.1) is 18.3 Å². The minimum Gasteiger partial charge on any atom is -0.477 e. The molecule has 0 radical (unpaired) electrons. The van der Waals surface area contributed by atoms with E-state index in [1.54, 1.807) is 6.07 Å². The third-order valence-electron chi connectivity index (χ3n) is 5.91. The highest BCUT2D eigenvalue weighted by Gasteiger charge is 2.29. The van der Waals surface area contributed by atoms with Gasteiger partial charge in [0.2, 0.25) is 0 Å². The number of aryl methyl sites for hydroxylation is 2. The van der Waals surface area contributed by atoms with Gasteiger partial charge in [-0.25, -0.2) is 14.8 Å². The average molecular weight is 450 g/mol. The van der Waals surface area contributed by atoms with Crippen LogP contribution in [-0.4, -0.2) is 35.9 Å². The molecular formula is C24H24ClN5O2. The van der Waals surface area contributed by atoms with E-state index in [0.717, 1.165) is 36.5 Å². The largest absolute Gasteiger partial charge is 0.477 e. The molecule has 5 rings (SSSR count). The van der Waals surface area contributed by atoms with E-state index in [4.69, 9.17) is 22.1 Å². The monoisotopic (exact) mass is 449 g/mol. The van der Waals surface area contributed by atoms with E-state index < -0.39 is 5.97 Å². The van der Waals surface area contributed by atoms with Crippen molar-refractivity contribution < 1.29 is 9.90 Å². The summed E-state index contributed by atoms with van der Waals surface area (Å²) < 4.78 is 4.42. The van der Waals surface area contributed by atoms with Crippen molar-refractivity contribution in [2.75, 3.05) is 0 Å². The summed E-state index contributed by atoms with van der Waals surface area (Å²) >= 11 is 5.41. The van der Waals surface area contributed by atoms with Gasteiger partial charge in [-0.15, -0.1) is 0 Å². The number of para-hydroxylation sites is 1. The van der Waals surface area contributed by atoms with Crippen molar-refractivity contribution >= 4 is 34.2 Å². The molecule has 0 saturated heterocycles. The highest BCUT2D eigenvalue weighted by molar-refractivity contribution is 6.29. The summed E-state index contributed by atoms with van der Waals surface area (Å²) in [6.45, 7) is 2.88. The van der Waals surface area contributed by atoms with Crippen molar-refractivity contribution in [2.24, 2.45) is 13.0 Å². The van der Waals surface area contributed by atoms with Gasteiger partial charge in [-0.3, -0.25) is 0 Å². The van der Waals surface area contributed by atoms with Crippen LogP contribution in [0.5, 0.6) is 0 Å². The van der Waals surface area contributed by atoms with Crippen LogP contribution in [0.3, 0.4) is 0 Å². The highest BCUT2D eigenvalue weighted by Crippen LogP contribution is 2.34. The molecule has 1 unspecified atom stereocenters. The lowest BCUT2D eigenvalue weighted by Gasteiger charge is -2.25. The molecule has 1 aromatic carbocycles. The van der Waals surface area contributed by atoms with Gasteiger partial charge in [0.05, 0.1) is 0 Å². The molecule has 7 nitrogen and oxygen atoms in total. The molecule has 1 aliphatic carbocycles. The summed E-state index contributed by atoms with van der Waals surface area (Å²) in [4.78, 5) is 18.1. The van der Waals surface area contributed by atoms with Crippen LogP contribution in [0.4, 0.5) is 0 Å². The first-order valence-electron chi connectivity index (χ1n) is 10.4. The van der Waals surface area contributed by atoms with Crippen LogP contribution < -0.4 is 0 Å². The van der Waals surface area contributed by atoms with Gasteiger partial charge < -0.3 is 19.7 Å². The van der Waals surface area contributed by atoms with E-state index in [1.807, 2.05) is 19.3 Å². The summed E-state index contributed by atoms with van der Waals surface area (Å²) in [5.74, 6) is 0.227. The predicted octanol–water partition coefficient (Wildman–Crippen LogP) is 4.75. The van der Waals surface area contributed by atoms with Crippen LogP contribution in [0.25, 0.3) is 10.9 Å². The Balaban J connectivity index is 0.000000207. The van der Waals surface area contributed by atoms with E-state index >= 15 is 0 Å². The predicted molar refractivity (Wildman–Crippen MR) is 125 cm³/mol. The highest BCUT2D eigenvalue weighted by atomic mass is 35.5.